The molecule has 1 aliphatic heterocycles. The lowest BCUT2D eigenvalue weighted by atomic mass is 10.1. The van der Waals surface area contributed by atoms with Crippen LogP contribution >= 0.6 is 11.8 Å². The van der Waals surface area contributed by atoms with E-state index >= 15 is 0 Å². The molecule has 0 fully saturated rings. The summed E-state index contributed by atoms with van der Waals surface area (Å²) < 4.78 is 0. The van der Waals surface area contributed by atoms with E-state index in [2.05, 4.69) is 10.6 Å². The second-order valence-electron chi connectivity index (χ2n) is 4.32. The Morgan fingerprint density at radius 1 is 1.50 bits per heavy atom. The molecule has 0 unspecified atom stereocenters. The SMILES string of the molecule is CC[C@H](NC(=O)c1ccc2c(c1)NC(=O)CS2)C(=O)O. The molecule has 0 aliphatic carbocycles. The number of hydrogen-bond acceptors (Lipinski definition) is 4. The Kier molecular flexibility index (Phi) is 4.29. The average molecular weight is 294 g/mol. The van der Waals surface area contributed by atoms with Gasteiger partial charge in [-0.3, -0.25) is 9.59 Å². The summed E-state index contributed by atoms with van der Waals surface area (Å²) in [4.78, 5) is 35.1. The third kappa shape index (κ3) is 3.11. The molecule has 1 heterocycles. The first-order chi connectivity index (χ1) is 9.51. The Bertz CT molecular complexity index is 573. The maximum Gasteiger partial charge on any atom is 0.326 e. The van der Waals surface area contributed by atoms with Crippen LogP contribution in [0.1, 0.15) is 23.7 Å². The van der Waals surface area contributed by atoms with Gasteiger partial charge in [0.05, 0.1) is 11.4 Å². The van der Waals surface area contributed by atoms with Crippen LogP contribution in [-0.4, -0.2) is 34.7 Å². The summed E-state index contributed by atoms with van der Waals surface area (Å²) in [6.07, 6.45) is 0.304. The number of carboxylic acids is 1. The standard InChI is InChI=1S/C13H14N2O4S/c1-2-8(13(18)19)15-12(17)7-3-4-10-9(5-7)14-11(16)6-20-10/h3-5,8H,2,6H2,1H3,(H,14,16)(H,15,17)(H,18,19)/t8-/m0/s1. The number of anilines is 1. The van der Waals surface area contributed by atoms with Crippen molar-refractivity contribution in [2.75, 3.05) is 11.1 Å². The minimum Gasteiger partial charge on any atom is -0.480 e. The summed E-state index contributed by atoms with van der Waals surface area (Å²) in [6, 6.07) is 4.01. The number of carboxylic acid groups (broad SMARTS) is 1. The van der Waals surface area contributed by atoms with Crippen LogP contribution in [0.15, 0.2) is 23.1 Å². The van der Waals surface area contributed by atoms with Crippen molar-refractivity contribution in [2.24, 2.45) is 0 Å². The van der Waals surface area contributed by atoms with Gasteiger partial charge in [0.2, 0.25) is 5.91 Å². The minimum atomic E-state index is -1.07. The molecule has 0 saturated heterocycles. The van der Waals surface area contributed by atoms with Crippen molar-refractivity contribution < 1.29 is 19.5 Å². The molecule has 0 saturated carbocycles. The molecule has 2 rings (SSSR count). The average Bonchev–Trinajstić information content (AvgIpc) is 2.43. The van der Waals surface area contributed by atoms with Crippen molar-refractivity contribution in [3.05, 3.63) is 23.8 Å². The summed E-state index contributed by atoms with van der Waals surface area (Å²) in [5.41, 5.74) is 0.911. The van der Waals surface area contributed by atoms with Crippen molar-refractivity contribution in [3.63, 3.8) is 0 Å². The predicted octanol–water partition coefficient (Wildman–Crippen LogP) is 1.32. The van der Waals surface area contributed by atoms with Gasteiger partial charge in [0.25, 0.3) is 5.91 Å². The van der Waals surface area contributed by atoms with Crippen molar-refractivity contribution in [3.8, 4) is 0 Å². The number of carbonyl (C=O) groups is 3. The Balaban J connectivity index is 2.17. The fourth-order valence-electron chi connectivity index (χ4n) is 1.80. The molecule has 0 spiro atoms. The van der Waals surface area contributed by atoms with Crippen molar-refractivity contribution in [1.82, 2.24) is 5.32 Å². The fraction of sp³-hybridized carbons (Fsp3) is 0.308. The summed E-state index contributed by atoms with van der Waals surface area (Å²) in [5.74, 6) is -1.29. The molecule has 1 atom stereocenters. The molecule has 0 bridgehead atoms. The van der Waals surface area contributed by atoms with Gasteiger partial charge in [-0.1, -0.05) is 6.92 Å². The number of benzene rings is 1. The van der Waals surface area contributed by atoms with E-state index in [1.807, 2.05) is 0 Å². The Morgan fingerprint density at radius 3 is 2.90 bits per heavy atom. The molecular formula is C13H14N2O4S. The number of thioether (sulfide) groups is 1. The van der Waals surface area contributed by atoms with Crippen LogP contribution in [0.5, 0.6) is 0 Å². The third-order valence-corrected chi connectivity index (χ3v) is 3.96. The topological polar surface area (TPSA) is 95.5 Å². The maximum absolute atomic E-state index is 12.0. The molecular weight excluding hydrogens is 280 g/mol. The van der Waals surface area contributed by atoms with E-state index in [1.165, 1.54) is 11.8 Å². The smallest absolute Gasteiger partial charge is 0.326 e. The highest BCUT2D eigenvalue weighted by molar-refractivity contribution is 8.00. The highest BCUT2D eigenvalue weighted by Gasteiger charge is 2.21. The van der Waals surface area contributed by atoms with Gasteiger partial charge in [-0.2, -0.15) is 0 Å². The first-order valence-corrected chi connectivity index (χ1v) is 7.10. The highest BCUT2D eigenvalue weighted by atomic mass is 32.2. The summed E-state index contributed by atoms with van der Waals surface area (Å²) in [7, 11) is 0. The Hall–Kier alpha value is -2.02. The number of hydrogen-bond donors (Lipinski definition) is 3. The lowest BCUT2D eigenvalue weighted by molar-refractivity contribution is -0.139. The quantitative estimate of drug-likeness (QED) is 0.778. The lowest BCUT2D eigenvalue weighted by Crippen LogP contribution is -2.40. The third-order valence-electron chi connectivity index (χ3n) is 2.89. The van der Waals surface area contributed by atoms with E-state index in [0.29, 0.717) is 23.4 Å². The number of rotatable bonds is 4. The van der Waals surface area contributed by atoms with Crippen LogP contribution in [0.4, 0.5) is 5.69 Å². The maximum atomic E-state index is 12.0. The fourth-order valence-corrected chi connectivity index (χ4v) is 2.59. The van der Waals surface area contributed by atoms with Crippen LogP contribution in [-0.2, 0) is 9.59 Å². The van der Waals surface area contributed by atoms with Crippen molar-refractivity contribution in [1.29, 1.82) is 0 Å². The van der Waals surface area contributed by atoms with E-state index < -0.39 is 17.9 Å². The number of amides is 2. The van der Waals surface area contributed by atoms with Crippen molar-refractivity contribution >= 4 is 35.2 Å². The number of carbonyl (C=O) groups excluding carboxylic acids is 2. The van der Waals surface area contributed by atoms with E-state index in [4.69, 9.17) is 5.11 Å². The van der Waals surface area contributed by atoms with Crippen LogP contribution in [0.2, 0.25) is 0 Å². The monoisotopic (exact) mass is 294 g/mol. The Morgan fingerprint density at radius 2 is 2.25 bits per heavy atom. The largest absolute Gasteiger partial charge is 0.480 e. The molecule has 1 aliphatic rings. The van der Waals surface area contributed by atoms with Gasteiger partial charge < -0.3 is 15.7 Å². The summed E-state index contributed by atoms with van der Waals surface area (Å²) in [5, 5.41) is 14.1. The minimum absolute atomic E-state index is 0.114. The van der Waals surface area contributed by atoms with E-state index in [-0.39, 0.29) is 5.91 Å². The predicted molar refractivity (Wildman–Crippen MR) is 75.0 cm³/mol. The molecule has 20 heavy (non-hydrogen) atoms. The summed E-state index contributed by atoms with van der Waals surface area (Å²) in [6.45, 7) is 1.68. The molecule has 0 radical (unpaired) electrons. The molecule has 7 heteroatoms. The van der Waals surface area contributed by atoms with E-state index in [9.17, 15) is 14.4 Å². The van der Waals surface area contributed by atoms with Gasteiger partial charge in [0, 0.05) is 10.5 Å². The first kappa shape index (κ1) is 14.4. The second kappa shape index (κ2) is 5.96. The molecule has 0 aromatic heterocycles. The van der Waals surface area contributed by atoms with Crippen LogP contribution in [0.3, 0.4) is 0 Å². The van der Waals surface area contributed by atoms with Gasteiger partial charge in [-0.15, -0.1) is 11.8 Å². The molecule has 6 nitrogen and oxygen atoms in total. The van der Waals surface area contributed by atoms with Gasteiger partial charge in [0.1, 0.15) is 6.04 Å². The molecule has 2 amide bonds. The van der Waals surface area contributed by atoms with Crippen LogP contribution < -0.4 is 10.6 Å². The molecule has 3 N–H and O–H groups in total. The highest BCUT2D eigenvalue weighted by Crippen LogP contribution is 2.31. The van der Waals surface area contributed by atoms with Gasteiger partial charge in [-0.25, -0.2) is 4.79 Å². The molecule has 1 aromatic carbocycles. The zero-order valence-electron chi connectivity index (χ0n) is 10.8. The lowest BCUT2D eigenvalue weighted by Gasteiger charge is -2.17. The zero-order chi connectivity index (χ0) is 14.7. The first-order valence-electron chi connectivity index (χ1n) is 6.11. The summed E-state index contributed by atoms with van der Waals surface area (Å²) >= 11 is 1.40. The molecule has 1 aromatic rings. The van der Waals surface area contributed by atoms with Crippen LogP contribution in [0, 0.1) is 0 Å². The normalized spacial score (nSPS) is 14.9. The number of nitrogens with one attached hydrogen (secondary N) is 2. The second-order valence-corrected chi connectivity index (χ2v) is 5.34. The van der Waals surface area contributed by atoms with Gasteiger partial charge >= 0.3 is 5.97 Å². The van der Waals surface area contributed by atoms with E-state index in [1.54, 1.807) is 25.1 Å². The van der Waals surface area contributed by atoms with E-state index in [0.717, 1.165) is 4.90 Å². The van der Waals surface area contributed by atoms with Crippen LogP contribution in [0.25, 0.3) is 0 Å². The zero-order valence-corrected chi connectivity index (χ0v) is 11.6. The number of fused-ring (bicyclic) bond motifs is 1. The Labute approximate surface area is 119 Å². The molecule has 106 valence electrons. The van der Waals surface area contributed by atoms with Gasteiger partial charge in [-0.05, 0) is 24.6 Å². The number of aliphatic carboxylic acids is 1. The van der Waals surface area contributed by atoms with Gasteiger partial charge in [0.15, 0.2) is 0 Å². The van der Waals surface area contributed by atoms with Crippen molar-refractivity contribution in [2.45, 2.75) is 24.3 Å².